The normalized spacial score (nSPS) is 20.7. The van der Waals surface area contributed by atoms with Gasteiger partial charge >= 0.3 is 0 Å². The molecule has 1 unspecified atom stereocenters. The molecule has 25 heavy (non-hydrogen) atoms. The van der Waals surface area contributed by atoms with Gasteiger partial charge in [-0.05, 0) is 17.2 Å². The number of nitriles is 1. The van der Waals surface area contributed by atoms with E-state index in [4.69, 9.17) is 4.74 Å². The van der Waals surface area contributed by atoms with E-state index in [9.17, 15) is 10.1 Å². The van der Waals surface area contributed by atoms with E-state index in [1.807, 2.05) is 36.4 Å². The largest absolute Gasteiger partial charge is 0.379 e. The van der Waals surface area contributed by atoms with Gasteiger partial charge in [0, 0.05) is 31.7 Å². The molecule has 5 heteroatoms. The first-order valence-electron chi connectivity index (χ1n) is 8.82. The van der Waals surface area contributed by atoms with Crippen molar-refractivity contribution in [3.8, 4) is 6.07 Å². The molecule has 0 bridgehead atoms. The lowest BCUT2D eigenvalue weighted by Crippen LogP contribution is -2.38. The zero-order chi connectivity index (χ0) is 17.2. The first-order chi connectivity index (χ1) is 12.3. The molecule has 1 fully saturated rings. The van der Waals surface area contributed by atoms with E-state index in [1.54, 1.807) is 4.90 Å². The van der Waals surface area contributed by atoms with Crippen molar-refractivity contribution in [2.45, 2.75) is 12.5 Å². The minimum atomic E-state index is -0.475. The highest BCUT2D eigenvalue weighted by Gasteiger charge is 2.37. The van der Waals surface area contributed by atoms with E-state index < -0.39 is 6.04 Å². The number of nitrogens with zero attached hydrogens (tertiary/aromatic N) is 3. The molecule has 2 heterocycles. The number of morpholine rings is 1. The lowest BCUT2D eigenvalue weighted by Gasteiger charge is -2.27. The Hall–Kier alpha value is -2.42. The highest BCUT2D eigenvalue weighted by Crippen LogP contribution is 2.37. The van der Waals surface area contributed by atoms with Crippen molar-refractivity contribution in [2.24, 2.45) is 0 Å². The molecule has 2 aromatic rings. The van der Waals surface area contributed by atoms with E-state index in [0.717, 1.165) is 55.6 Å². The molecule has 1 atom stereocenters. The van der Waals surface area contributed by atoms with Gasteiger partial charge in [0.15, 0.2) is 0 Å². The fraction of sp³-hybridized carbons (Fsp3) is 0.400. The second-order valence-corrected chi connectivity index (χ2v) is 6.59. The maximum absolute atomic E-state index is 13.0. The maximum atomic E-state index is 13.0. The van der Waals surface area contributed by atoms with Gasteiger partial charge in [0.05, 0.1) is 24.8 Å². The molecular weight excluding hydrogens is 314 g/mol. The molecule has 4 rings (SSSR count). The lowest BCUT2D eigenvalue weighted by molar-refractivity contribution is 0.0355. The fourth-order valence-corrected chi connectivity index (χ4v) is 3.84. The summed E-state index contributed by atoms with van der Waals surface area (Å²) in [4.78, 5) is 17.1. The molecule has 0 radical (unpaired) electrons. The van der Waals surface area contributed by atoms with Gasteiger partial charge in [-0.15, -0.1) is 0 Å². The van der Waals surface area contributed by atoms with Gasteiger partial charge in [0.25, 0.3) is 5.91 Å². The van der Waals surface area contributed by atoms with Crippen LogP contribution >= 0.6 is 0 Å². The lowest BCUT2D eigenvalue weighted by atomic mass is 9.98. The minimum absolute atomic E-state index is 0.0136. The van der Waals surface area contributed by atoms with Gasteiger partial charge in [-0.3, -0.25) is 9.69 Å². The van der Waals surface area contributed by atoms with Crippen LogP contribution in [0.2, 0.25) is 0 Å². The molecule has 2 aliphatic heterocycles. The summed E-state index contributed by atoms with van der Waals surface area (Å²) in [5.74, 6) is -0.0136. The summed E-state index contributed by atoms with van der Waals surface area (Å²) in [7, 11) is 0. The molecule has 1 saturated heterocycles. The van der Waals surface area contributed by atoms with Crippen LogP contribution in [0, 0.1) is 11.3 Å². The molecule has 2 aromatic carbocycles. The summed E-state index contributed by atoms with van der Waals surface area (Å²) in [6, 6.07) is 13.7. The van der Waals surface area contributed by atoms with Gasteiger partial charge in [0.2, 0.25) is 0 Å². The number of benzene rings is 2. The first kappa shape index (κ1) is 16.1. The summed E-state index contributed by atoms with van der Waals surface area (Å²) in [6.45, 7) is 4.99. The highest BCUT2D eigenvalue weighted by atomic mass is 16.5. The molecule has 1 amide bonds. The third-order valence-corrected chi connectivity index (χ3v) is 5.14. The average molecular weight is 335 g/mol. The Balaban J connectivity index is 1.54. The third kappa shape index (κ3) is 2.88. The van der Waals surface area contributed by atoms with Crippen LogP contribution < -0.4 is 0 Å². The average Bonchev–Trinajstić information content (AvgIpc) is 2.94. The van der Waals surface area contributed by atoms with Crippen molar-refractivity contribution in [3.63, 3.8) is 0 Å². The van der Waals surface area contributed by atoms with Crippen molar-refractivity contribution in [1.29, 1.82) is 5.26 Å². The Bertz CT molecular complexity index is 836. The van der Waals surface area contributed by atoms with Gasteiger partial charge in [-0.2, -0.15) is 5.26 Å². The van der Waals surface area contributed by atoms with Gasteiger partial charge in [-0.1, -0.05) is 36.4 Å². The standard InChI is InChI=1S/C20H21N3O2/c21-14-18-17-7-6-15-4-1-2-5-16(15)19(17)20(24)23(18)9-3-8-22-10-12-25-13-11-22/h1-2,4-7,18H,3,8-13H2. The number of carbonyl (C=O) groups is 1. The molecule has 2 aliphatic rings. The Morgan fingerprint density at radius 1 is 1.12 bits per heavy atom. The predicted molar refractivity (Wildman–Crippen MR) is 95.2 cm³/mol. The summed E-state index contributed by atoms with van der Waals surface area (Å²) in [5, 5.41) is 11.6. The van der Waals surface area contributed by atoms with Crippen molar-refractivity contribution in [3.05, 3.63) is 47.5 Å². The van der Waals surface area contributed by atoms with Crippen LogP contribution in [-0.4, -0.2) is 55.1 Å². The Morgan fingerprint density at radius 3 is 2.72 bits per heavy atom. The number of ether oxygens (including phenoxy) is 1. The van der Waals surface area contributed by atoms with Crippen LogP contribution in [0.3, 0.4) is 0 Å². The van der Waals surface area contributed by atoms with Crippen LogP contribution in [0.15, 0.2) is 36.4 Å². The maximum Gasteiger partial charge on any atom is 0.256 e. The number of fused-ring (bicyclic) bond motifs is 3. The quantitative estimate of drug-likeness (QED) is 0.862. The number of rotatable bonds is 4. The highest BCUT2D eigenvalue weighted by molar-refractivity contribution is 6.11. The Morgan fingerprint density at radius 2 is 1.92 bits per heavy atom. The van der Waals surface area contributed by atoms with Crippen molar-refractivity contribution in [2.75, 3.05) is 39.4 Å². The van der Waals surface area contributed by atoms with Gasteiger partial charge in [0.1, 0.15) is 6.04 Å². The molecule has 0 spiro atoms. The monoisotopic (exact) mass is 335 g/mol. The number of hydrogen-bond donors (Lipinski definition) is 0. The first-order valence-corrected chi connectivity index (χ1v) is 8.82. The zero-order valence-corrected chi connectivity index (χ0v) is 14.1. The number of hydrogen-bond acceptors (Lipinski definition) is 4. The zero-order valence-electron chi connectivity index (χ0n) is 14.1. The summed E-state index contributed by atoms with van der Waals surface area (Å²) in [5.41, 5.74) is 1.55. The third-order valence-electron chi connectivity index (χ3n) is 5.14. The SMILES string of the molecule is N#CC1c2ccc3ccccc3c2C(=O)N1CCCN1CCOCC1. The predicted octanol–water partition coefficient (Wildman–Crippen LogP) is 2.58. The van der Waals surface area contributed by atoms with E-state index >= 15 is 0 Å². The number of amides is 1. The van der Waals surface area contributed by atoms with Gasteiger partial charge in [-0.25, -0.2) is 0 Å². The minimum Gasteiger partial charge on any atom is -0.379 e. The second kappa shape index (κ2) is 6.83. The van der Waals surface area contributed by atoms with Crippen molar-refractivity contribution in [1.82, 2.24) is 9.80 Å². The van der Waals surface area contributed by atoms with E-state index in [2.05, 4.69) is 11.0 Å². The molecule has 0 saturated carbocycles. The van der Waals surface area contributed by atoms with Crippen molar-refractivity contribution >= 4 is 16.7 Å². The molecular formula is C20H21N3O2. The Labute approximate surface area is 147 Å². The molecule has 0 aromatic heterocycles. The van der Waals surface area contributed by atoms with E-state index in [0.29, 0.717) is 12.1 Å². The molecule has 0 aliphatic carbocycles. The Kier molecular flexibility index (Phi) is 4.39. The van der Waals surface area contributed by atoms with Crippen LogP contribution in [0.4, 0.5) is 0 Å². The van der Waals surface area contributed by atoms with Crippen LogP contribution in [0.1, 0.15) is 28.4 Å². The fourth-order valence-electron chi connectivity index (χ4n) is 3.84. The smallest absolute Gasteiger partial charge is 0.256 e. The van der Waals surface area contributed by atoms with E-state index in [1.165, 1.54) is 0 Å². The number of carbonyl (C=O) groups excluding carboxylic acids is 1. The van der Waals surface area contributed by atoms with Crippen molar-refractivity contribution < 1.29 is 9.53 Å². The van der Waals surface area contributed by atoms with E-state index in [-0.39, 0.29) is 5.91 Å². The molecule has 128 valence electrons. The second-order valence-electron chi connectivity index (χ2n) is 6.59. The van der Waals surface area contributed by atoms with Crippen LogP contribution in [0.25, 0.3) is 10.8 Å². The molecule has 5 nitrogen and oxygen atoms in total. The van der Waals surface area contributed by atoms with Gasteiger partial charge < -0.3 is 9.64 Å². The summed E-state index contributed by atoms with van der Waals surface area (Å²) >= 11 is 0. The van der Waals surface area contributed by atoms with Crippen LogP contribution in [-0.2, 0) is 4.74 Å². The van der Waals surface area contributed by atoms with Crippen LogP contribution in [0.5, 0.6) is 0 Å². The summed E-state index contributed by atoms with van der Waals surface area (Å²) in [6.07, 6.45) is 0.871. The molecule has 0 N–H and O–H groups in total. The topological polar surface area (TPSA) is 56.6 Å². The summed E-state index contributed by atoms with van der Waals surface area (Å²) < 4.78 is 5.36.